The van der Waals surface area contributed by atoms with Gasteiger partial charge in [0.25, 0.3) is 10.0 Å². The zero-order chi connectivity index (χ0) is 33.5. The molecule has 0 saturated heterocycles. The quantitative estimate of drug-likeness (QED) is 0.172. The van der Waals surface area contributed by atoms with E-state index in [1.807, 2.05) is 75.4 Å². The highest BCUT2D eigenvalue weighted by atomic mass is 79.9. The first kappa shape index (κ1) is 35.0. The molecule has 0 aliphatic rings. The van der Waals surface area contributed by atoms with Crippen LogP contribution < -0.4 is 14.4 Å². The summed E-state index contributed by atoms with van der Waals surface area (Å²) in [5, 5.41) is 3.29. The molecule has 11 heteroatoms. The number of carbonyl (C=O) groups excluding carboxylic acids is 2. The van der Waals surface area contributed by atoms with E-state index in [-0.39, 0.29) is 40.2 Å². The van der Waals surface area contributed by atoms with Crippen molar-refractivity contribution in [1.29, 1.82) is 0 Å². The van der Waals surface area contributed by atoms with Gasteiger partial charge in [-0.3, -0.25) is 13.9 Å². The topological polar surface area (TPSA) is 96.0 Å². The van der Waals surface area contributed by atoms with Gasteiger partial charge >= 0.3 is 0 Å². The predicted octanol–water partition coefficient (Wildman–Crippen LogP) is 6.86. The Bertz CT molecular complexity index is 1750. The monoisotopic (exact) mass is 725 g/mol. The molecule has 0 heterocycles. The summed E-state index contributed by atoms with van der Waals surface area (Å²) in [5.74, 6) is -0.739. The minimum Gasteiger partial charge on any atom is -0.495 e. The van der Waals surface area contributed by atoms with Crippen molar-refractivity contribution in [3.8, 4) is 5.75 Å². The number of nitrogens with zero attached hydrogens (tertiary/aromatic N) is 2. The van der Waals surface area contributed by atoms with Crippen molar-refractivity contribution in [2.45, 2.75) is 50.2 Å². The zero-order valence-electron chi connectivity index (χ0n) is 26.1. The molecule has 1 N–H and O–H groups in total. The Balaban J connectivity index is 1.85. The number of benzene rings is 4. The number of anilines is 1. The van der Waals surface area contributed by atoms with Crippen LogP contribution in [-0.2, 0) is 32.6 Å². The summed E-state index contributed by atoms with van der Waals surface area (Å²) < 4.78 is 35.8. The van der Waals surface area contributed by atoms with Crippen molar-refractivity contribution in [2.24, 2.45) is 0 Å². The summed E-state index contributed by atoms with van der Waals surface area (Å²) in [6, 6.07) is 28.2. The van der Waals surface area contributed by atoms with E-state index in [1.54, 1.807) is 30.3 Å². The largest absolute Gasteiger partial charge is 0.495 e. The van der Waals surface area contributed by atoms with Crippen molar-refractivity contribution in [2.75, 3.05) is 18.0 Å². The molecule has 2 amide bonds. The normalized spacial score (nSPS) is 12.2. The Kier molecular flexibility index (Phi) is 11.5. The van der Waals surface area contributed by atoms with Gasteiger partial charge in [-0.2, -0.15) is 0 Å². The molecule has 46 heavy (non-hydrogen) atoms. The number of ether oxygens (including phenoxy) is 1. The zero-order valence-corrected chi connectivity index (χ0v) is 29.3. The Morgan fingerprint density at radius 1 is 0.891 bits per heavy atom. The van der Waals surface area contributed by atoms with Gasteiger partial charge in [-0.05, 0) is 74.4 Å². The van der Waals surface area contributed by atoms with Crippen LogP contribution in [0, 0.1) is 0 Å². The second kappa shape index (κ2) is 15.2. The molecule has 0 bridgehead atoms. The third-order valence-corrected chi connectivity index (χ3v) is 9.59. The van der Waals surface area contributed by atoms with Crippen LogP contribution in [0.15, 0.2) is 112 Å². The fraction of sp³-hybridized carbons (Fsp3) is 0.257. The molecule has 242 valence electrons. The average Bonchev–Trinajstić information content (AvgIpc) is 3.02. The van der Waals surface area contributed by atoms with Crippen molar-refractivity contribution < 1.29 is 22.7 Å². The number of carbonyl (C=O) groups is 2. The first-order valence-electron chi connectivity index (χ1n) is 14.6. The summed E-state index contributed by atoms with van der Waals surface area (Å²) in [4.78, 5) is 30.0. The summed E-state index contributed by atoms with van der Waals surface area (Å²) in [7, 11) is -2.89. The molecule has 1 unspecified atom stereocenters. The van der Waals surface area contributed by atoms with Crippen LogP contribution in [0.25, 0.3) is 0 Å². The van der Waals surface area contributed by atoms with Crippen LogP contribution in [0.4, 0.5) is 5.69 Å². The van der Waals surface area contributed by atoms with Crippen molar-refractivity contribution >= 4 is 55.1 Å². The molecule has 0 aliphatic heterocycles. The molecule has 1 atom stereocenters. The number of hydrogen-bond donors (Lipinski definition) is 1. The number of amides is 2. The number of hydrogen-bond acceptors (Lipinski definition) is 5. The highest BCUT2D eigenvalue weighted by molar-refractivity contribution is 9.10. The Morgan fingerprint density at radius 3 is 2.09 bits per heavy atom. The van der Waals surface area contributed by atoms with Gasteiger partial charge in [0.15, 0.2) is 0 Å². The molecule has 4 aromatic carbocycles. The smallest absolute Gasteiger partial charge is 0.264 e. The van der Waals surface area contributed by atoms with Gasteiger partial charge in [0.1, 0.15) is 18.3 Å². The summed E-state index contributed by atoms with van der Waals surface area (Å²) in [6.07, 6.45) is 0.205. The van der Waals surface area contributed by atoms with E-state index in [4.69, 9.17) is 16.3 Å². The van der Waals surface area contributed by atoms with Crippen LogP contribution >= 0.6 is 27.5 Å². The minimum absolute atomic E-state index is 0.0180. The first-order chi connectivity index (χ1) is 21.8. The highest BCUT2D eigenvalue weighted by Crippen LogP contribution is 2.35. The third-order valence-electron chi connectivity index (χ3n) is 7.06. The standard InChI is InChI=1S/C35H37BrClN3O5S/c1-35(2,3)38-34(42)31(21-25-11-7-5-8-12-25)39(23-26-15-17-27(36)18-16-26)33(41)24-40(30-22-28(37)19-20-32(30)45-4)46(43,44)29-13-9-6-10-14-29/h5-20,22,31H,21,23-24H2,1-4H3,(H,38,42). The van der Waals surface area contributed by atoms with Crippen LogP contribution in [0.2, 0.25) is 5.02 Å². The SMILES string of the molecule is COc1ccc(Cl)cc1N(CC(=O)N(Cc1ccc(Br)cc1)C(Cc1ccccc1)C(=O)NC(C)(C)C)S(=O)(=O)c1ccccc1. The van der Waals surface area contributed by atoms with E-state index >= 15 is 0 Å². The second-order valence-electron chi connectivity index (χ2n) is 11.7. The van der Waals surface area contributed by atoms with E-state index in [9.17, 15) is 18.0 Å². The maximum atomic E-state index is 14.6. The average molecular weight is 727 g/mol. The Labute approximate surface area is 284 Å². The van der Waals surface area contributed by atoms with E-state index < -0.39 is 34.1 Å². The highest BCUT2D eigenvalue weighted by Gasteiger charge is 2.36. The fourth-order valence-corrected chi connectivity index (χ4v) is 6.75. The van der Waals surface area contributed by atoms with Crippen molar-refractivity contribution in [3.05, 3.63) is 124 Å². The Hall–Kier alpha value is -3.86. The van der Waals surface area contributed by atoms with Crippen LogP contribution in [0.5, 0.6) is 5.75 Å². The number of sulfonamides is 1. The second-order valence-corrected chi connectivity index (χ2v) is 14.9. The summed E-state index contributed by atoms with van der Waals surface area (Å²) >= 11 is 9.80. The molecular formula is C35H37BrClN3O5S. The molecule has 0 saturated carbocycles. The summed E-state index contributed by atoms with van der Waals surface area (Å²) in [6.45, 7) is 5.02. The van der Waals surface area contributed by atoms with Gasteiger partial charge in [-0.25, -0.2) is 8.42 Å². The predicted molar refractivity (Wildman–Crippen MR) is 185 cm³/mol. The van der Waals surface area contributed by atoms with Gasteiger partial charge in [0.05, 0.1) is 17.7 Å². The molecule has 0 spiro atoms. The molecule has 0 aromatic heterocycles. The number of halogens is 2. The minimum atomic E-state index is -4.30. The van der Waals surface area contributed by atoms with E-state index in [0.717, 1.165) is 19.9 Å². The van der Waals surface area contributed by atoms with Crippen LogP contribution in [0.1, 0.15) is 31.9 Å². The number of nitrogens with one attached hydrogen (secondary N) is 1. The maximum Gasteiger partial charge on any atom is 0.264 e. The molecule has 8 nitrogen and oxygen atoms in total. The van der Waals surface area contributed by atoms with Crippen molar-refractivity contribution in [1.82, 2.24) is 10.2 Å². The van der Waals surface area contributed by atoms with Gasteiger partial charge in [-0.15, -0.1) is 0 Å². The maximum absolute atomic E-state index is 14.6. The lowest BCUT2D eigenvalue weighted by molar-refractivity contribution is -0.140. The molecule has 4 aromatic rings. The van der Waals surface area contributed by atoms with Gasteiger partial charge in [0.2, 0.25) is 11.8 Å². The van der Waals surface area contributed by atoms with Gasteiger partial charge in [-0.1, -0.05) is 88.2 Å². The van der Waals surface area contributed by atoms with Gasteiger partial charge < -0.3 is 15.0 Å². The van der Waals surface area contributed by atoms with Crippen LogP contribution in [0.3, 0.4) is 0 Å². The number of rotatable bonds is 12. The van der Waals surface area contributed by atoms with E-state index in [0.29, 0.717) is 0 Å². The summed E-state index contributed by atoms with van der Waals surface area (Å²) in [5.41, 5.74) is 1.11. The van der Waals surface area contributed by atoms with Gasteiger partial charge in [0, 0.05) is 28.0 Å². The molecular weight excluding hydrogens is 690 g/mol. The first-order valence-corrected chi connectivity index (χ1v) is 17.2. The molecule has 0 fully saturated rings. The van der Waals surface area contributed by atoms with E-state index in [1.165, 1.54) is 30.2 Å². The molecule has 0 aliphatic carbocycles. The van der Waals surface area contributed by atoms with Crippen LogP contribution in [-0.4, -0.2) is 50.4 Å². The molecule has 4 rings (SSSR count). The Morgan fingerprint density at radius 2 is 1.50 bits per heavy atom. The fourth-order valence-electron chi connectivity index (χ4n) is 4.88. The lowest BCUT2D eigenvalue weighted by Gasteiger charge is -2.35. The molecule has 0 radical (unpaired) electrons. The number of methoxy groups -OCH3 is 1. The van der Waals surface area contributed by atoms with Crippen molar-refractivity contribution in [3.63, 3.8) is 0 Å². The lowest BCUT2D eigenvalue weighted by atomic mass is 10.0. The van der Waals surface area contributed by atoms with E-state index in [2.05, 4.69) is 21.2 Å². The third kappa shape index (κ3) is 9.11. The lowest BCUT2D eigenvalue weighted by Crippen LogP contribution is -2.56.